The molecule has 0 unspecified atom stereocenters. The third-order valence-corrected chi connectivity index (χ3v) is 4.10. The molecular weight excluding hydrogens is 312 g/mol. The first-order chi connectivity index (χ1) is 12.2. The molecule has 128 valence electrons. The van der Waals surface area contributed by atoms with Gasteiger partial charge in [-0.25, -0.2) is 4.68 Å². The van der Waals surface area contributed by atoms with E-state index in [1.807, 2.05) is 12.1 Å². The fourth-order valence-corrected chi connectivity index (χ4v) is 2.83. The minimum absolute atomic E-state index is 0.0114. The van der Waals surface area contributed by atoms with Crippen molar-refractivity contribution in [2.24, 2.45) is 0 Å². The first-order valence-corrected chi connectivity index (χ1v) is 8.42. The van der Waals surface area contributed by atoms with E-state index in [0.717, 1.165) is 19.6 Å². The zero-order valence-electron chi connectivity index (χ0n) is 14.4. The van der Waals surface area contributed by atoms with Crippen LogP contribution in [0.2, 0.25) is 0 Å². The molecule has 0 fully saturated rings. The molecule has 0 aliphatic heterocycles. The minimum atomic E-state index is -0.0114. The number of ketones is 1. The largest absolute Gasteiger partial charge is 0.293 e. The van der Waals surface area contributed by atoms with E-state index < -0.39 is 0 Å². The second kappa shape index (κ2) is 8.35. The van der Waals surface area contributed by atoms with E-state index >= 15 is 0 Å². The van der Waals surface area contributed by atoms with Crippen LogP contribution in [0.15, 0.2) is 66.9 Å². The zero-order chi connectivity index (χ0) is 17.5. The van der Waals surface area contributed by atoms with Crippen LogP contribution in [0.4, 0.5) is 0 Å². The monoisotopic (exact) mass is 334 g/mol. The Morgan fingerprint density at radius 3 is 2.04 bits per heavy atom. The van der Waals surface area contributed by atoms with Crippen LogP contribution in [0.5, 0.6) is 0 Å². The fourth-order valence-electron chi connectivity index (χ4n) is 2.83. The maximum Gasteiger partial charge on any atom is 0.179 e. The molecule has 1 aromatic heterocycles. The van der Waals surface area contributed by atoms with Crippen LogP contribution in [0.25, 0.3) is 0 Å². The normalized spacial score (nSPS) is 11.0. The molecule has 2 aromatic carbocycles. The van der Waals surface area contributed by atoms with Crippen LogP contribution in [-0.2, 0) is 19.6 Å². The lowest BCUT2D eigenvalue weighted by Gasteiger charge is -2.23. The lowest BCUT2D eigenvalue weighted by atomic mass is 10.1. The van der Waals surface area contributed by atoms with Crippen molar-refractivity contribution < 1.29 is 4.79 Å². The number of nitrogens with zero attached hydrogens (tertiary/aromatic N) is 4. The van der Waals surface area contributed by atoms with E-state index in [4.69, 9.17) is 0 Å². The van der Waals surface area contributed by atoms with E-state index in [1.165, 1.54) is 17.3 Å². The highest BCUT2D eigenvalue weighted by atomic mass is 16.1. The quantitative estimate of drug-likeness (QED) is 0.594. The molecule has 0 atom stereocenters. The summed E-state index contributed by atoms with van der Waals surface area (Å²) in [5.74, 6) is -0.0114. The number of benzene rings is 2. The van der Waals surface area contributed by atoms with Gasteiger partial charge in [0.15, 0.2) is 5.78 Å². The Balaban J connectivity index is 1.71. The molecule has 3 aromatic rings. The van der Waals surface area contributed by atoms with E-state index in [9.17, 15) is 4.79 Å². The highest BCUT2D eigenvalue weighted by Gasteiger charge is 2.12. The number of carbonyl (C=O) groups excluding carboxylic acids is 1. The summed E-state index contributed by atoms with van der Waals surface area (Å²) in [5, 5.41) is 7.91. The maximum atomic E-state index is 11.6. The molecule has 5 heteroatoms. The summed E-state index contributed by atoms with van der Waals surface area (Å²) in [6.45, 7) is 4.66. The number of hydrogen-bond donors (Lipinski definition) is 0. The molecule has 0 spiro atoms. The molecule has 5 nitrogen and oxygen atoms in total. The summed E-state index contributed by atoms with van der Waals surface area (Å²) in [5.41, 5.74) is 3.09. The van der Waals surface area contributed by atoms with Gasteiger partial charge in [0, 0.05) is 26.6 Å². The van der Waals surface area contributed by atoms with E-state index in [0.29, 0.717) is 12.2 Å². The molecule has 1 heterocycles. The van der Waals surface area contributed by atoms with E-state index in [1.54, 1.807) is 11.6 Å². The highest BCUT2D eigenvalue weighted by Crippen LogP contribution is 2.10. The van der Waals surface area contributed by atoms with Crippen molar-refractivity contribution >= 4 is 5.78 Å². The predicted molar refractivity (Wildman–Crippen MR) is 97.0 cm³/mol. The number of carbonyl (C=O) groups is 1. The summed E-state index contributed by atoms with van der Waals surface area (Å²) < 4.78 is 1.69. The minimum Gasteiger partial charge on any atom is -0.293 e. The van der Waals surface area contributed by atoms with E-state index in [2.05, 4.69) is 63.7 Å². The van der Waals surface area contributed by atoms with Gasteiger partial charge in [0.1, 0.15) is 5.69 Å². The summed E-state index contributed by atoms with van der Waals surface area (Å²) >= 11 is 0. The van der Waals surface area contributed by atoms with Crippen LogP contribution in [0.3, 0.4) is 0 Å². The Bertz CT molecular complexity index is 757. The van der Waals surface area contributed by atoms with Crippen molar-refractivity contribution in [3.63, 3.8) is 0 Å². The summed E-state index contributed by atoms with van der Waals surface area (Å²) in [6.07, 6.45) is 1.53. The topological polar surface area (TPSA) is 51.0 Å². The van der Waals surface area contributed by atoms with Gasteiger partial charge in [-0.1, -0.05) is 65.9 Å². The van der Waals surface area contributed by atoms with Crippen LogP contribution in [-0.4, -0.2) is 32.2 Å². The van der Waals surface area contributed by atoms with Gasteiger partial charge in [-0.15, -0.1) is 5.10 Å². The van der Waals surface area contributed by atoms with Crippen LogP contribution < -0.4 is 0 Å². The van der Waals surface area contributed by atoms with Gasteiger partial charge >= 0.3 is 0 Å². The van der Waals surface area contributed by atoms with Gasteiger partial charge in [-0.05, 0) is 11.1 Å². The number of hydrogen-bond acceptors (Lipinski definition) is 4. The van der Waals surface area contributed by atoms with Gasteiger partial charge in [-0.3, -0.25) is 9.69 Å². The van der Waals surface area contributed by atoms with Crippen LogP contribution in [0.1, 0.15) is 28.5 Å². The van der Waals surface area contributed by atoms with Gasteiger partial charge < -0.3 is 0 Å². The third kappa shape index (κ3) is 4.84. The number of Topliss-reactive ketones (excluding diaryl/α,β-unsaturated/α-hetero) is 1. The molecule has 0 amide bonds. The average molecular weight is 334 g/mol. The standard InChI is InChI=1S/C20H22N4O/c1-17(25)20-14-21-22-24(20)13-12-23(15-18-8-4-2-5-9-18)16-19-10-6-3-7-11-19/h2-11,14H,12-13,15-16H2,1H3. The average Bonchev–Trinajstić information content (AvgIpc) is 3.10. The Morgan fingerprint density at radius 1 is 0.960 bits per heavy atom. The van der Waals surface area contributed by atoms with E-state index in [-0.39, 0.29) is 5.78 Å². The molecule has 25 heavy (non-hydrogen) atoms. The molecule has 0 radical (unpaired) electrons. The lowest BCUT2D eigenvalue weighted by molar-refractivity contribution is 0.100. The fraction of sp³-hybridized carbons (Fsp3) is 0.250. The molecule has 0 aliphatic rings. The summed E-state index contributed by atoms with van der Waals surface area (Å²) in [4.78, 5) is 14.0. The second-order valence-electron chi connectivity index (χ2n) is 6.08. The first kappa shape index (κ1) is 17.0. The zero-order valence-corrected chi connectivity index (χ0v) is 14.4. The van der Waals surface area contributed by atoms with Crippen molar-refractivity contribution in [3.05, 3.63) is 83.7 Å². The van der Waals surface area contributed by atoms with Gasteiger partial charge in [0.05, 0.1) is 12.7 Å². The van der Waals surface area contributed by atoms with Crippen LogP contribution >= 0.6 is 0 Å². The van der Waals surface area contributed by atoms with Gasteiger partial charge in [0.2, 0.25) is 0 Å². The first-order valence-electron chi connectivity index (χ1n) is 8.42. The summed E-state index contributed by atoms with van der Waals surface area (Å²) in [6, 6.07) is 20.8. The Labute approximate surface area is 147 Å². The Morgan fingerprint density at radius 2 is 1.52 bits per heavy atom. The molecule has 3 rings (SSSR count). The highest BCUT2D eigenvalue weighted by molar-refractivity contribution is 5.91. The molecule has 0 saturated heterocycles. The number of aromatic nitrogens is 3. The van der Waals surface area contributed by atoms with Gasteiger partial charge in [0.25, 0.3) is 0 Å². The summed E-state index contributed by atoms with van der Waals surface area (Å²) in [7, 11) is 0. The number of rotatable bonds is 8. The lowest BCUT2D eigenvalue weighted by Crippen LogP contribution is -2.28. The molecule has 0 saturated carbocycles. The maximum absolute atomic E-state index is 11.6. The molecular formula is C20H22N4O. The van der Waals surface area contributed by atoms with Crippen molar-refractivity contribution in [1.29, 1.82) is 0 Å². The third-order valence-electron chi connectivity index (χ3n) is 4.10. The molecule has 0 N–H and O–H groups in total. The Kier molecular flexibility index (Phi) is 5.69. The second-order valence-corrected chi connectivity index (χ2v) is 6.08. The van der Waals surface area contributed by atoms with Crippen molar-refractivity contribution in [3.8, 4) is 0 Å². The van der Waals surface area contributed by atoms with Gasteiger partial charge in [-0.2, -0.15) is 0 Å². The molecule has 0 aliphatic carbocycles. The van der Waals surface area contributed by atoms with Crippen LogP contribution in [0, 0.1) is 0 Å². The SMILES string of the molecule is CC(=O)c1cnnn1CCN(Cc1ccccc1)Cc1ccccc1. The molecule has 0 bridgehead atoms. The predicted octanol–water partition coefficient (Wildman–Crippen LogP) is 3.18. The Hall–Kier alpha value is -2.79. The smallest absolute Gasteiger partial charge is 0.179 e. The van der Waals surface area contributed by atoms with Crippen molar-refractivity contribution in [2.45, 2.75) is 26.6 Å². The van der Waals surface area contributed by atoms with Crippen molar-refractivity contribution in [1.82, 2.24) is 19.9 Å². The van der Waals surface area contributed by atoms with Crippen molar-refractivity contribution in [2.75, 3.05) is 6.54 Å².